The zero-order valence-corrected chi connectivity index (χ0v) is 16.5. The average molecular weight is 453 g/mol. The van der Waals surface area contributed by atoms with E-state index >= 15 is 0 Å². The number of aromatic nitrogens is 3. The van der Waals surface area contributed by atoms with E-state index in [0.29, 0.717) is 10.2 Å². The number of nitrogens with zero attached hydrogens (tertiary/aromatic N) is 3. The smallest absolute Gasteiger partial charge is 0.350 e. The molecule has 0 bridgehead atoms. The van der Waals surface area contributed by atoms with Gasteiger partial charge in [0, 0.05) is 18.7 Å². The fraction of sp³-hybridized carbons (Fsp3) is 0.200. The first-order chi connectivity index (χ1) is 15.1. The summed E-state index contributed by atoms with van der Waals surface area (Å²) in [4.78, 5) is 24.3. The molecular weight excluding hydrogens is 437 g/mol. The predicted octanol–water partition coefficient (Wildman–Crippen LogP) is 3.03. The van der Waals surface area contributed by atoms with Gasteiger partial charge in [-0.05, 0) is 48.9 Å². The fourth-order valence-electron chi connectivity index (χ4n) is 2.72. The summed E-state index contributed by atoms with van der Waals surface area (Å²) >= 11 is 0. The highest BCUT2D eigenvalue weighted by Crippen LogP contribution is 2.32. The molecule has 1 heterocycles. The maximum atomic E-state index is 13.6. The van der Waals surface area contributed by atoms with Crippen molar-refractivity contribution in [2.75, 3.05) is 13.1 Å². The van der Waals surface area contributed by atoms with Crippen LogP contribution in [-0.4, -0.2) is 39.9 Å². The van der Waals surface area contributed by atoms with Gasteiger partial charge in [-0.2, -0.15) is 13.2 Å². The van der Waals surface area contributed by atoms with Gasteiger partial charge in [0.1, 0.15) is 11.6 Å². The number of nitrogens with one attached hydrogen (secondary N) is 2. The molecule has 0 spiro atoms. The lowest BCUT2D eigenvalue weighted by atomic mass is 10.1. The first-order valence-corrected chi connectivity index (χ1v) is 9.19. The number of rotatable bonds is 6. The Hall–Kier alpha value is -3.83. The van der Waals surface area contributed by atoms with Crippen LogP contribution in [0.5, 0.6) is 0 Å². The minimum absolute atomic E-state index is 0.0565. The van der Waals surface area contributed by atoms with E-state index in [1.165, 1.54) is 19.1 Å². The second-order valence-corrected chi connectivity index (χ2v) is 6.65. The topological polar surface area (TPSA) is 88.9 Å². The van der Waals surface area contributed by atoms with Gasteiger partial charge in [-0.25, -0.2) is 13.5 Å². The third kappa shape index (κ3) is 5.07. The van der Waals surface area contributed by atoms with Crippen LogP contribution in [0.3, 0.4) is 0 Å². The van der Waals surface area contributed by atoms with E-state index in [1.807, 2.05) is 0 Å². The molecule has 0 aliphatic heterocycles. The molecule has 1 aromatic heterocycles. The van der Waals surface area contributed by atoms with E-state index in [9.17, 15) is 31.5 Å². The minimum Gasteiger partial charge on any atom is -0.350 e. The summed E-state index contributed by atoms with van der Waals surface area (Å²) in [6, 6.07) is 7.89. The molecular formula is C20H16F5N5O2. The van der Waals surface area contributed by atoms with E-state index in [-0.39, 0.29) is 24.3 Å². The monoisotopic (exact) mass is 453 g/mol. The number of amides is 2. The molecule has 168 valence electrons. The molecule has 3 aromatic rings. The number of carbonyl (C=O) groups is 2. The molecule has 2 amide bonds. The number of halogens is 5. The van der Waals surface area contributed by atoms with Gasteiger partial charge in [0.05, 0.1) is 5.69 Å². The third-order valence-electron chi connectivity index (χ3n) is 4.36. The van der Waals surface area contributed by atoms with Crippen molar-refractivity contribution < 1.29 is 31.5 Å². The highest BCUT2D eigenvalue weighted by atomic mass is 19.4. The van der Waals surface area contributed by atoms with Crippen molar-refractivity contribution >= 4 is 11.8 Å². The van der Waals surface area contributed by atoms with Crippen molar-refractivity contribution in [3.8, 4) is 5.69 Å². The van der Waals surface area contributed by atoms with E-state index in [2.05, 4.69) is 20.9 Å². The molecule has 0 aliphatic carbocycles. The lowest BCUT2D eigenvalue weighted by Crippen LogP contribution is -2.35. The lowest BCUT2D eigenvalue weighted by molar-refractivity contribution is -0.143. The number of aryl methyl sites for hydroxylation is 1. The summed E-state index contributed by atoms with van der Waals surface area (Å²) in [6.45, 7) is 1.18. The number of carbonyl (C=O) groups excluding carboxylic acids is 2. The van der Waals surface area contributed by atoms with Gasteiger partial charge in [-0.15, -0.1) is 5.10 Å². The maximum Gasteiger partial charge on any atom is 0.435 e. The average Bonchev–Trinajstić information content (AvgIpc) is 3.19. The molecule has 32 heavy (non-hydrogen) atoms. The van der Waals surface area contributed by atoms with Crippen LogP contribution in [0, 0.1) is 18.6 Å². The summed E-state index contributed by atoms with van der Waals surface area (Å²) in [5, 5.41) is 11.3. The van der Waals surface area contributed by atoms with Crippen LogP contribution in [0.25, 0.3) is 5.69 Å². The molecule has 2 N–H and O–H groups in total. The maximum absolute atomic E-state index is 13.6. The Balaban J connectivity index is 1.66. The zero-order chi connectivity index (χ0) is 23.5. The second kappa shape index (κ2) is 9.12. The van der Waals surface area contributed by atoms with Crippen molar-refractivity contribution in [1.29, 1.82) is 0 Å². The van der Waals surface area contributed by atoms with Gasteiger partial charge < -0.3 is 10.6 Å². The summed E-state index contributed by atoms with van der Waals surface area (Å²) < 4.78 is 67.7. The van der Waals surface area contributed by atoms with Gasteiger partial charge in [0.15, 0.2) is 11.4 Å². The van der Waals surface area contributed by atoms with E-state index in [4.69, 9.17) is 0 Å². The van der Waals surface area contributed by atoms with Crippen LogP contribution in [0.1, 0.15) is 32.1 Å². The van der Waals surface area contributed by atoms with E-state index < -0.39 is 41.0 Å². The molecule has 0 atom stereocenters. The quantitative estimate of drug-likeness (QED) is 0.444. The molecule has 12 heteroatoms. The molecule has 0 saturated heterocycles. The van der Waals surface area contributed by atoms with Gasteiger partial charge >= 0.3 is 6.18 Å². The van der Waals surface area contributed by atoms with Gasteiger partial charge in [0.25, 0.3) is 11.8 Å². The molecule has 0 fully saturated rings. The van der Waals surface area contributed by atoms with Crippen LogP contribution >= 0.6 is 0 Å². The van der Waals surface area contributed by atoms with Crippen LogP contribution in [-0.2, 0) is 6.18 Å². The molecule has 0 radical (unpaired) electrons. The van der Waals surface area contributed by atoms with Crippen molar-refractivity contribution in [1.82, 2.24) is 25.6 Å². The second-order valence-electron chi connectivity index (χ2n) is 6.65. The molecule has 2 aromatic carbocycles. The van der Waals surface area contributed by atoms with Crippen molar-refractivity contribution in [3.63, 3.8) is 0 Å². The van der Waals surface area contributed by atoms with Crippen molar-refractivity contribution in [3.05, 3.63) is 76.6 Å². The van der Waals surface area contributed by atoms with Crippen molar-refractivity contribution in [2.45, 2.75) is 13.1 Å². The van der Waals surface area contributed by atoms with Crippen LogP contribution in [0.4, 0.5) is 22.0 Å². The summed E-state index contributed by atoms with van der Waals surface area (Å²) in [7, 11) is 0. The molecule has 0 aliphatic rings. The largest absolute Gasteiger partial charge is 0.435 e. The molecule has 0 unspecified atom stereocenters. The Bertz CT molecular complexity index is 1140. The fourth-order valence-corrected chi connectivity index (χ4v) is 2.72. The first-order valence-electron chi connectivity index (χ1n) is 9.19. The van der Waals surface area contributed by atoms with Crippen LogP contribution in [0.2, 0.25) is 0 Å². The first kappa shape index (κ1) is 22.8. The standard InChI is InChI=1S/C20H16F5N5O2/c1-11-2-3-12(10-15(11)22)18(31)26-8-9-27-19(32)16-17(20(23,24)25)30(29-28-16)14-6-4-13(21)5-7-14/h2-7,10H,8-9H2,1H3,(H,26,31)(H,27,32). The highest BCUT2D eigenvalue weighted by Gasteiger charge is 2.42. The Morgan fingerprint density at radius 3 is 2.19 bits per heavy atom. The Labute approximate surface area is 178 Å². The van der Waals surface area contributed by atoms with Gasteiger partial charge in [-0.1, -0.05) is 11.3 Å². The Kier molecular flexibility index (Phi) is 6.51. The third-order valence-corrected chi connectivity index (χ3v) is 4.36. The number of alkyl halides is 3. The Morgan fingerprint density at radius 2 is 1.59 bits per heavy atom. The SMILES string of the molecule is Cc1ccc(C(=O)NCCNC(=O)c2nnn(-c3ccc(F)cc3)c2C(F)(F)F)cc1F. The van der Waals surface area contributed by atoms with Gasteiger partial charge in [-0.3, -0.25) is 9.59 Å². The van der Waals surface area contributed by atoms with E-state index in [0.717, 1.165) is 30.3 Å². The molecule has 3 rings (SSSR count). The van der Waals surface area contributed by atoms with Crippen LogP contribution in [0.15, 0.2) is 42.5 Å². The highest BCUT2D eigenvalue weighted by molar-refractivity contribution is 5.95. The van der Waals surface area contributed by atoms with Gasteiger partial charge in [0.2, 0.25) is 0 Å². The van der Waals surface area contributed by atoms with Crippen LogP contribution < -0.4 is 10.6 Å². The molecule has 7 nitrogen and oxygen atoms in total. The van der Waals surface area contributed by atoms with Crippen molar-refractivity contribution in [2.24, 2.45) is 0 Å². The number of benzene rings is 2. The predicted molar refractivity (Wildman–Crippen MR) is 102 cm³/mol. The summed E-state index contributed by atoms with van der Waals surface area (Å²) in [6.07, 6.45) is -4.98. The van der Waals surface area contributed by atoms with E-state index in [1.54, 1.807) is 0 Å². The number of hydrogen-bond donors (Lipinski definition) is 2. The summed E-state index contributed by atoms with van der Waals surface area (Å²) in [5.41, 5.74) is -2.12. The summed E-state index contributed by atoms with van der Waals surface area (Å²) in [5.74, 6) is -3.00. The number of hydrogen-bond acceptors (Lipinski definition) is 4. The Morgan fingerprint density at radius 1 is 0.969 bits per heavy atom. The zero-order valence-electron chi connectivity index (χ0n) is 16.5. The lowest BCUT2D eigenvalue weighted by Gasteiger charge is -2.11. The minimum atomic E-state index is -4.98. The normalized spacial score (nSPS) is 11.3. The molecule has 0 saturated carbocycles.